The predicted molar refractivity (Wildman–Crippen MR) is 72.7 cm³/mol. The number of fused-ring (bicyclic) bond motifs is 2. The van der Waals surface area contributed by atoms with E-state index in [1.165, 1.54) is 12.8 Å². The first-order valence-electron chi connectivity index (χ1n) is 6.95. The van der Waals surface area contributed by atoms with Crippen LogP contribution in [-0.4, -0.2) is 17.4 Å². The summed E-state index contributed by atoms with van der Waals surface area (Å²) >= 11 is 0. The van der Waals surface area contributed by atoms with Crippen molar-refractivity contribution in [3.8, 4) is 0 Å². The number of hydrogen-bond donors (Lipinski definition) is 0. The Morgan fingerprint density at radius 2 is 2.06 bits per heavy atom. The third-order valence-corrected chi connectivity index (χ3v) is 5.03. The van der Waals surface area contributed by atoms with Crippen LogP contribution >= 0.6 is 0 Å². The lowest BCUT2D eigenvalue weighted by Crippen LogP contribution is -2.28. The second-order valence-corrected chi connectivity index (χ2v) is 5.98. The summed E-state index contributed by atoms with van der Waals surface area (Å²) in [5.74, 6) is 2.54. The van der Waals surface area contributed by atoms with Gasteiger partial charge in [-0.05, 0) is 56.4 Å². The first-order chi connectivity index (χ1) is 8.58. The van der Waals surface area contributed by atoms with Crippen LogP contribution in [0.15, 0.2) is 35.6 Å². The molecule has 3 aliphatic rings. The van der Waals surface area contributed by atoms with E-state index >= 15 is 0 Å². The SMILES string of the molecule is C=C1C(C)=C(C)C(=O)N1CCC1CC2C=CC1C2. The van der Waals surface area contributed by atoms with Crippen molar-refractivity contribution >= 4 is 5.91 Å². The van der Waals surface area contributed by atoms with Crippen LogP contribution in [0.3, 0.4) is 0 Å². The minimum atomic E-state index is 0.163. The molecule has 96 valence electrons. The summed E-state index contributed by atoms with van der Waals surface area (Å²) in [5.41, 5.74) is 2.84. The van der Waals surface area contributed by atoms with Crippen molar-refractivity contribution in [3.63, 3.8) is 0 Å². The van der Waals surface area contributed by atoms with Crippen molar-refractivity contribution < 1.29 is 4.79 Å². The van der Waals surface area contributed by atoms with E-state index in [0.29, 0.717) is 0 Å². The molecule has 1 heterocycles. The Hall–Kier alpha value is -1.31. The maximum Gasteiger partial charge on any atom is 0.254 e. The molecule has 0 saturated heterocycles. The van der Waals surface area contributed by atoms with Gasteiger partial charge in [0.2, 0.25) is 0 Å². The third-order valence-electron chi connectivity index (χ3n) is 5.03. The molecule has 18 heavy (non-hydrogen) atoms. The standard InChI is InChI=1S/C16H21NO/c1-10-11(2)16(18)17(12(10)3)7-6-15-9-13-4-5-14(15)8-13/h4-5,13-15H,3,6-9H2,1-2H3. The Morgan fingerprint density at radius 3 is 2.56 bits per heavy atom. The number of nitrogens with zero attached hydrogens (tertiary/aromatic N) is 1. The molecule has 0 aromatic heterocycles. The van der Waals surface area contributed by atoms with Crippen molar-refractivity contribution in [1.82, 2.24) is 4.90 Å². The lowest BCUT2D eigenvalue weighted by atomic mass is 9.90. The highest BCUT2D eigenvalue weighted by molar-refractivity contribution is 5.99. The Balaban J connectivity index is 1.61. The molecule has 1 saturated carbocycles. The van der Waals surface area contributed by atoms with E-state index < -0.39 is 0 Å². The van der Waals surface area contributed by atoms with Gasteiger partial charge in [0.05, 0.1) is 0 Å². The van der Waals surface area contributed by atoms with E-state index in [1.54, 1.807) is 0 Å². The topological polar surface area (TPSA) is 20.3 Å². The first-order valence-corrected chi connectivity index (χ1v) is 6.95. The molecule has 1 aliphatic heterocycles. The monoisotopic (exact) mass is 243 g/mol. The highest BCUT2D eigenvalue weighted by Crippen LogP contribution is 2.45. The van der Waals surface area contributed by atoms with Crippen LogP contribution in [0.25, 0.3) is 0 Å². The molecule has 1 amide bonds. The molecule has 0 N–H and O–H groups in total. The maximum atomic E-state index is 12.1. The summed E-state index contributed by atoms with van der Waals surface area (Å²) in [5, 5.41) is 0. The van der Waals surface area contributed by atoms with Crippen molar-refractivity contribution in [3.05, 3.63) is 35.6 Å². The first kappa shape index (κ1) is 11.8. The summed E-state index contributed by atoms with van der Waals surface area (Å²) in [7, 11) is 0. The fourth-order valence-corrected chi connectivity index (χ4v) is 3.66. The Kier molecular flexibility index (Phi) is 2.69. The van der Waals surface area contributed by atoms with Gasteiger partial charge in [-0.25, -0.2) is 0 Å². The largest absolute Gasteiger partial charge is 0.309 e. The molecule has 2 bridgehead atoms. The molecule has 0 aromatic carbocycles. The molecular formula is C16H21NO. The van der Waals surface area contributed by atoms with Crippen molar-refractivity contribution in [2.45, 2.75) is 33.1 Å². The normalized spacial score (nSPS) is 34.3. The van der Waals surface area contributed by atoms with Gasteiger partial charge in [-0.1, -0.05) is 18.7 Å². The smallest absolute Gasteiger partial charge is 0.254 e. The van der Waals surface area contributed by atoms with Gasteiger partial charge in [-0.3, -0.25) is 4.79 Å². The number of allylic oxidation sites excluding steroid dienone is 3. The minimum absolute atomic E-state index is 0.163. The molecule has 1 fully saturated rings. The molecule has 0 radical (unpaired) electrons. The third kappa shape index (κ3) is 1.66. The van der Waals surface area contributed by atoms with Gasteiger partial charge in [-0.2, -0.15) is 0 Å². The van der Waals surface area contributed by atoms with Crippen LogP contribution in [0.1, 0.15) is 33.1 Å². The summed E-state index contributed by atoms with van der Waals surface area (Å²) in [6.45, 7) is 8.79. The molecule has 3 rings (SSSR count). The van der Waals surface area contributed by atoms with Gasteiger partial charge in [0.25, 0.3) is 5.91 Å². The number of hydrogen-bond acceptors (Lipinski definition) is 1. The molecule has 3 unspecified atom stereocenters. The highest BCUT2D eigenvalue weighted by atomic mass is 16.2. The Morgan fingerprint density at radius 1 is 1.28 bits per heavy atom. The van der Waals surface area contributed by atoms with Crippen LogP contribution in [0.4, 0.5) is 0 Å². The fraction of sp³-hybridized carbons (Fsp3) is 0.562. The van der Waals surface area contributed by atoms with Crippen molar-refractivity contribution in [1.29, 1.82) is 0 Å². The summed E-state index contributed by atoms with van der Waals surface area (Å²) in [6, 6.07) is 0. The van der Waals surface area contributed by atoms with Crippen LogP contribution in [0, 0.1) is 17.8 Å². The van der Waals surface area contributed by atoms with Gasteiger partial charge in [-0.15, -0.1) is 0 Å². The average molecular weight is 243 g/mol. The van der Waals surface area contributed by atoms with E-state index in [-0.39, 0.29) is 5.91 Å². The molecule has 0 aromatic rings. The number of rotatable bonds is 3. The molecule has 0 spiro atoms. The maximum absolute atomic E-state index is 12.1. The van der Waals surface area contributed by atoms with E-state index in [0.717, 1.165) is 47.6 Å². The zero-order chi connectivity index (χ0) is 12.9. The second kappa shape index (κ2) is 4.11. The van der Waals surface area contributed by atoms with Gasteiger partial charge in [0.1, 0.15) is 0 Å². The molecule has 2 nitrogen and oxygen atoms in total. The summed E-state index contributed by atoms with van der Waals surface area (Å²) in [6.07, 6.45) is 8.54. The summed E-state index contributed by atoms with van der Waals surface area (Å²) in [4.78, 5) is 14.0. The Labute approximate surface area is 109 Å². The van der Waals surface area contributed by atoms with Crippen LogP contribution in [0.2, 0.25) is 0 Å². The van der Waals surface area contributed by atoms with Crippen molar-refractivity contribution in [2.24, 2.45) is 17.8 Å². The number of carbonyl (C=O) groups excluding carboxylic acids is 1. The quantitative estimate of drug-likeness (QED) is 0.697. The number of carbonyl (C=O) groups is 1. The highest BCUT2D eigenvalue weighted by Gasteiger charge is 2.36. The minimum Gasteiger partial charge on any atom is -0.309 e. The zero-order valence-corrected chi connectivity index (χ0v) is 11.3. The van der Waals surface area contributed by atoms with Crippen LogP contribution in [-0.2, 0) is 4.79 Å². The zero-order valence-electron chi connectivity index (χ0n) is 11.3. The van der Waals surface area contributed by atoms with Gasteiger partial charge >= 0.3 is 0 Å². The van der Waals surface area contributed by atoms with Crippen LogP contribution < -0.4 is 0 Å². The van der Waals surface area contributed by atoms with Crippen LogP contribution in [0.5, 0.6) is 0 Å². The average Bonchev–Trinajstić information content (AvgIpc) is 3.02. The van der Waals surface area contributed by atoms with E-state index in [9.17, 15) is 4.79 Å². The lowest BCUT2D eigenvalue weighted by Gasteiger charge is -2.23. The molecule has 3 atom stereocenters. The predicted octanol–water partition coefficient (Wildman–Crippen LogP) is 3.28. The van der Waals surface area contributed by atoms with E-state index in [4.69, 9.17) is 0 Å². The van der Waals surface area contributed by atoms with E-state index in [1.807, 2.05) is 18.7 Å². The van der Waals surface area contributed by atoms with Gasteiger partial charge < -0.3 is 4.90 Å². The lowest BCUT2D eigenvalue weighted by molar-refractivity contribution is -0.124. The van der Waals surface area contributed by atoms with Gasteiger partial charge in [0, 0.05) is 17.8 Å². The molecule has 2 aliphatic carbocycles. The molecular weight excluding hydrogens is 222 g/mol. The van der Waals surface area contributed by atoms with E-state index in [2.05, 4.69) is 18.7 Å². The molecule has 2 heteroatoms. The Bertz CT molecular complexity index is 447. The number of amides is 1. The van der Waals surface area contributed by atoms with Gasteiger partial charge in [0.15, 0.2) is 0 Å². The summed E-state index contributed by atoms with van der Waals surface area (Å²) < 4.78 is 0. The second-order valence-electron chi connectivity index (χ2n) is 5.98. The van der Waals surface area contributed by atoms with Crippen molar-refractivity contribution in [2.75, 3.05) is 6.54 Å². The fourth-order valence-electron chi connectivity index (χ4n) is 3.66.